The predicted octanol–water partition coefficient (Wildman–Crippen LogP) is 2.54. The molecule has 1 aliphatic heterocycles. The lowest BCUT2D eigenvalue weighted by molar-refractivity contribution is 0.00529. The molecule has 1 fully saturated rings. The summed E-state index contributed by atoms with van der Waals surface area (Å²) in [5.74, 6) is 1.40. The fourth-order valence-corrected chi connectivity index (χ4v) is 2.41. The molecule has 2 heterocycles. The van der Waals surface area contributed by atoms with Crippen LogP contribution in [0.3, 0.4) is 0 Å². The molecule has 1 aliphatic rings. The first-order chi connectivity index (χ1) is 10.3. The van der Waals surface area contributed by atoms with E-state index in [9.17, 15) is 4.79 Å². The minimum absolute atomic E-state index is 0.244. The zero-order valence-electron chi connectivity index (χ0n) is 13.8. The van der Waals surface area contributed by atoms with Gasteiger partial charge in [0.2, 0.25) is 5.89 Å². The van der Waals surface area contributed by atoms with Gasteiger partial charge in [0, 0.05) is 25.9 Å². The third-order valence-electron chi connectivity index (χ3n) is 3.33. The number of hydrogen-bond donors (Lipinski definition) is 0. The molecular formula is C15H25N3O4. The van der Waals surface area contributed by atoms with Gasteiger partial charge >= 0.3 is 6.09 Å². The summed E-state index contributed by atoms with van der Waals surface area (Å²) in [5, 5.41) is 3.79. The number of ether oxygens (including phenoxy) is 2. The normalized spacial score (nSPS) is 19.3. The average Bonchev–Trinajstić information content (AvgIpc) is 2.83. The van der Waals surface area contributed by atoms with Crippen LogP contribution in [0, 0.1) is 12.8 Å². The Labute approximate surface area is 131 Å². The van der Waals surface area contributed by atoms with Crippen molar-refractivity contribution in [2.75, 3.05) is 19.7 Å². The molecule has 0 unspecified atom stereocenters. The van der Waals surface area contributed by atoms with Crippen molar-refractivity contribution in [2.45, 2.75) is 52.7 Å². The van der Waals surface area contributed by atoms with Crippen LogP contribution in [0.4, 0.5) is 4.79 Å². The Morgan fingerprint density at radius 1 is 1.45 bits per heavy atom. The van der Waals surface area contributed by atoms with Crippen molar-refractivity contribution in [1.29, 1.82) is 0 Å². The van der Waals surface area contributed by atoms with Crippen LogP contribution in [0.25, 0.3) is 0 Å². The van der Waals surface area contributed by atoms with Crippen molar-refractivity contribution in [3.8, 4) is 0 Å². The van der Waals surface area contributed by atoms with Crippen LogP contribution in [0.5, 0.6) is 0 Å². The molecular weight excluding hydrogens is 286 g/mol. The number of piperidine rings is 1. The van der Waals surface area contributed by atoms with E-state index < -0.39 is 5.60 Å². The van der Waals surface area contributed by atoms with E-state index in [1.807, 2.05) is 20.8 Å². The zero-order chi connectivity index (χ0) is 16.2. The largest absolute Gasteiger partial charge is 0.444 e. The van der Waals surface area contributed by atoms with Gasteiger partial charge in [-0.1, -0.05) is 5.16 Å². The molecule has 1 atom stereocenters. The van der Waals surface area contributed by atoms with E-state index in [2.05, 4.69) is 10.1 Å². The van der Waals surface area contributed by atoms with E-state index >= 15 is 0 Å². The Morgan fingerprint density at radius 2 is 2.23 bits per heavy atom. The lowest BCUT2D eigenvalue weighted by Crippen LogP contribution is -2.43. The molecule has 22 heavy (non-hydrogen) atoms. The standard InChI is InChI=1S/C15H25N3O4/c1-11-16-13(17-22-11)10-20-9-12-6-5-7-18(8-12)14(19)21-15(2,3)4/h12H,5-10H2,1-4H3/t12-/m0/s1. The molecule has 1 aromatic heterocycles. The molecule has 0 spiro atoms. The fraction of sp³-hybridized carbons (Fsp3) is 0.800. The van der Waals surface area contributed by atoms with Crippen LogP contribution in [0.15, 0.2) is 4.52 Å². The number of carbonyl (C=O) groups excluding carboxylic acids is 1. The summed E-state index contributed by atoms with van der Waals surface area (Å²) in [6.07, 6.45) is 1.77. The van der Waals surface area contributed by atoms with Crippen LogP contribution < -0.4 is 0 Å². The molecule has 2 rings (SSSR count). The minimum atomic E-state index is -0.461. The molecule has 1 aromatic rings. The molecule has 0 radical (unpaired) electrons. The van der Waals surface area contributed by atoms with Gasteiger partial charge in [0.25, 0.3) is 0 Å². The van der Waals surface area contributed by atoms with Gasteiger partial charge in [0.1, 0.15) is 12.2 Å². The van der Waals surface area contributed by atoms with Crippen LogP contribution in [-0.4, -0.2) is 46.4 Å². The Morgan fingerprint density at radius 3 is 2.86 bits per heavy atom. The van der Waals surface area contributed by atoms with Crippen molar-refractivity contribution < 1.29 is 18.8 Å². The number of rotatable bonds is 4. The van der Waals surface area contributed by atoms with Gasteiger partial charge in [-0.25, -0.2) is 4.79 Å². The molecule has 0 N–H and O–H groups in total. The van der Waals surface area contributed by atoms with E-state index in [1.165, 1.54) is 0 Å². The summed E-state index contributed by atoms with van der Waals surface area (Å²) in [5.41, 5.74) is -0.461. The van der Waals surface area contributed by atoms with Crippen molar-refractivity contribution in [3.63, 3.8) is 0 Å². The summed E-state index contributed by atoms with van der Waals surface area (Å²) in [6.45, 7) is 9.70. The Bertz CT molecular complexity index is 495. The van der Waals surface area contributed by atoms with Gasteiger partial charge in [-0.3, -0.25) is 0 Å². The second-order valence-electron chi connectivity index (χ2n) is 6.68. The highest BCUT2D eigenvalue weighted by Crippen LogP contribution is 2.19. The van der Waals surface area contributed by atoms with Gasteiger partial charge < -0.3 is 18.9 Å². The monoisotopic (exact) mass is 311 g/mol. The molecule has 1 amide bonds. The maximum Gasteiger partial charge on any atom is 0.410 e. The highest BCUT2D eigenvalue weighted by Gasteiger charge is 2.27. The van der Waals surface area contributed by atoms with Gasteiger partial charge in [-0.2, -0.15) is 4.98 Å². The number of amides is 1. The first kappa shape index (κ1) is 16.7. The highest BCUT2D eigenvalue weighted by atomic mass is 16.6. The molecule has 0 saturated carbocycles. The van der Waals surface area contributed by atoms with E-state index in [1.54, 1.807) is 11.8 Å². The zero-order valence-corrected chi connectivity index (χ0v) is 13.8. The summed E-state index contributed by atoms with van der Waals surface area (Å²) < 4.78 is 15.9. The number of carbonyl (C=O) groups is 1. The van der Waals surface area contributed by atoms with Crippen LogP contribution in [0.1, 0.15) is 45.3 Å². The van der Waals surface area contributed by atoms with E-state index in [0.717, 1.165) is 19.4 Å². The maximum atomic E-state index is 12.1. The molecule has 0 bridgehead atoms. The van der Waals surface area contributed by atoms with Crippen molar-refractivity contribution in [2.24, 2.45) is 5.92 Å². The molecule has 124 valence electrons. The minimum Gasteiger partial charge on any atom is -0.444 e. The molecule has 7 heteroatoms. The van der Waals surface area contributed by atoms with Crippen molar-refractivity contribution >= 4 is 6.09 Å². The highest BCUT2D eigenvalue weighted by molar-refractivity contribution is 5.68. The molecule has 0 aromatic carbocycles. The number of aryl methyl sites for hydroxylation is 1. The van der Waals surface area contributed by atoms with Crippen LogP contribution >= 0.6 is 0 Å². The summed E-state index contributed by atoms with van der Waals surface area (Å²) in [7, 11) is 0. The lowest BCUT2D eigenvalue weighted by Gasteiger charge is -2.33. The third-order valence-corrected chi connectivity index (χ3v) is 3.33. The second kappa shape index (κ2) is 7.09. The van der Waals surface area contributed by atoms with E-state index in [-0.39, 0.29) is 6.09 Å². The van der Waals surface area contributed by atoms with Gasteiger partial charge in [-0.05, 0) is 33.6 Å². The quantitative estimate of drug-likeness (QED) is 0.850. The van der Waals surface area contributed by atoms with Crippen LogP contribution in [-0.2, 0) is 16.1 Å². The smallest absolute Gasteiger partial charge is 0.410 e. The second-order valence-corrected chi connectivity index (χ2v) is 6.68. The van der Waals surface area contributed by atoms with Gasteiger partial charge in [0.05, 0.1) is 6.61 Å². The summed E-state index contributed by atoms with van der Waals surface area (Å²) in [6, 6.07) is 0. The fourth-order valence-electron chi connectivity index (χ4n) is 2.41. The van der Waals surface area contributed by atoms with Gasteiger partial charge in [-0.15, -0.1) is 0 Å². The summed E-state index contributed by atoms with van der Waals surface area (Å²) in [4.78, 5) is 17.9. The van der Waals surface area contributed by atoms with Crippen molar-refractivity contribution in [1.82, 2.24) is 15.0 Å². The number of hydrogen-bond acceptors (Lipinski definition) is 6. The predicted molar refractivity (Wildman–Crippen MR) is 79.2 cm³/mol. The Hall–Kier alpha value is -1.63. The molecule has 0 aliphatic carbocycles. The first-order valence-corrected chi connectivity index (χ1v) is 7.68. The maximum absolute atomic E-state index is 12.1. The average molecular weight is 311 g/mol. The summed E-state index contributed by atoms with van der Waals surface area (Å²) >= 11 is 0. The topological polar surface area (TPSA) is 77.7 Å². The Balaban J connectivity index is 1.74. The number of likely N-dealkylation sites (tertiary alicyclic amines) is 1. The Kier molecular flexibility index (Phi) is 5.39. The van der Waals surface area contributed by atoms with Crippen LogP contribution in [0.2, 0.25) is 0 Å². The van der Waals surface area contributed by atoms with Gasteiger partial charge in [0.15, 0.2) is 5.82 Å². The number of aromatic nitrogens is 2. The van der Waals surface area contributed by atoms with Crippen molar-refractivity contribution in [3.05, 3.63) is 11.7 Å². The first-order valence-electron chi connectivity index (χ1n) is 7.68. The van der Waals surface area contributed by atoms with E-state index in [0.29, 0.717) is 37.4 Å². The third kappa shape index (κ3) is 5.29. The molecule has 7 nitrogen and oxygen atoms in total. The number of nitrogens with zero attached hydrogens (tertiary/aromatic N) is 3. The lowest BCUT2D eigenvalue weighted by atomic mass is 9.99. The van der Waals surface area contributed by atoms with E-state index in [4.69, 9.17) is 14.0 Å². The molecule has 1 saturated heterocycles. The SMILES string of the molecule is Cc1nc(COC[C@H]2CCCN(C(=O)OC(C)(C)C)C2)no1.